The van der Waals surface area contributed by atoms with E-state index in [0.717, 1.165) is 29.5 Å². The number of carbonyl (C=O) groups is 1. The third-order valence-electron chi connectivity index (χ3n) is 4.93. The summed E-state index contributed by atoms with van der Waals surface area (Å²) in [6.07, 6.45) is 2.04. The van der Waals surface area contributed by atoms with E-state index in [1.54, 1.807) is 0 Å². The van der Waals surface area contributed by atoms with Crippen molar-refractivity contribution in [2.75, 3.05) is 0 Å². The lowest BCUT2D eigenvalue weighted by atomic mass is 9.86. The van der Waals surface area contributed by atoms with E-state index in [-0.39, 0.29) is 11.9 Å². The van der Waals surface area contributed by atoms with E-state index in [1.807, 2.05) is 13.8 Å². The zero-order valence-electron chi connectivity index (χ0n) is 15.8. The highest BCUT2D eigenvalue weighted by Gasteiger charge is 2.19. The number of aryl methyl sites for hydroxylation is 1. The number of nitrogens with one attached hydrogen (secondary N) is 1. The first-order valence-corrected chi connectivity index (χ1v) is 8.77. The normalized spacial score (nSPS) is 11.0. The van der Waals surface area contributed by atoms with Crippen LogP contribution in [0.2, 0.25) is 0 Å². The van der Waals surface area contributed by atoms with Crippen LogP contribution in [0.3, 0.4) is 0 Å². The van der Waals surface area contributed by atoms with E-state index in [2.05, 4.69) is 63.3 Å². The van der Waals surface area contributed by atoms with Crippen molar-refractivity contribution in [2.45, 2.75) is 60.4 Å². The minimum absolute atomic E-state index is 0.0424. The molecule has 0 unspecified atom stereocenters. The molecular formula is C22H29NO. The van der Waals surface area contributed by atoms with Crippen LogP contribution in [0, 0.1) is 27.7 Å². The number of carbonyl (C=O) groups excluding carboxylic acids is 1. The predicted molar refractivity (Wildman–Crippen MR) is 102 cm³/mol. The van der Waals surface area contributed by atoms with Gasteiger partial charge in [-0.05, 0) is 87.8 Å². The first-order chi connectivity index (χ1) is 11.3. The lowest BCUT2D eigenvalue weighted by Gasteiger charge is -2.21. The maximum Gasteiger partial charge on any atom is 0.252 e. The molecule has 0 atom stereocenters. The molecule has 24 heavy (non-hydrogen) atoms. The first-order valence-electron chi connectivity index (χ1n) is 8.77. The minimum atomic E-state index is 0.0424. The topological polar surface area (TPSA) is 29.1 Å². The average molecular weight is 323 g/mol. The van der Waals surface area contributed by atoms with Crippen LogP contribution < -0.4 is 5.32 Å². The molecule has 1 amide bonds. The zero-order chi connectivity index (χ0) is 17.9. The number of benzene rings is 2. The Morgan fingerprint density at radius 1 is 0.875 bits per heavy atom. The molecule has 0 aliphatic carbocycles. The molecule has 2 aromatic carbocycles. The van der Waals surface area contributed by atoms with E-state index >= 15 is 0 Å². The molecule has 2 aromatic rings. The van der Waals surface area contributed by atoms with Crippen LogP contribution in [-0.4, -0.2) is 11.9 Å². The first kappa shape index (κ1) is 18.3. The van der Waals surface area contributed by atoms with Crippen molar-refractivity contribution in [3.63, 3.8) is 0 Å². The van der Waals surface area contributed by atoms with E-state index in [4.69, 9.17) is 0 Å². The summed E-state index contributed by atoms with van der Waals surface area (Å²) in [7, 11) is 0. The van der Waals surface area contributed by atoms with Gasteiger partial charge in [0, 0.05) is 11.6 Å². The minimum Gasteiger partial charge on any atom is -0.350 e. The zero-order valence-corrected chi connectivity index (χ0v) is 15.8. The fraction of sp³-hybridized carbons (Fsp3) is 0.409. The summed E-state index contributed by atoms with van der Waals surface area (Å²) >= 11 is 0. The monoisotopic (exact) mass is 323 g/mol. The van der Waals surface area contributed by atoms with E-state index in [9.17, 15) is 4.79 Å². The van der Waals surface area contributed by atoms with Crippen LogP contribution in [0.1, 0.15) is 57.6 Å². The molecule has 0 aliphatic heterocycles. The molecule has 2 heteroatoms. The molecule has 2 rings (SSSR count). The Kier molecular flexibility index (Phi) is 5.82. The fourth-order valence-electron chi connectivity index (χ4n) is 3.35. The molecule has 0 fully saturated rings. The summed E-state index contributed by atoms with van der Waals surface area (Å²) in [4.78, 5) is 12.6. The van der Waals surface area contributed by atoms with E-state index < -0.39 is 0 Å². The van der Waals surface area contributed by atoms with Gasteiger partial charge in [-0.1, -0.05) is 30.3 Å². The van der Waals surface area contributed by atoms with Crippen molar-refractivity contribution in [3.8, 4) is 0 Å². The van der Waals surface area contributed by atoms with Crippen molar-refractivity contribution in [1.82, 2.24) is 5.32 Å². The van der Waals surface area contributed by atoms with Crippen molar-refractivity contribution in [3.05, 3.63) is 69.3 Å². The van der Waals surface area contributed by atoms with Gasteiger partial charge in [0.05, 0.1) is 0 Å². The second-order valence-corrected chi connectivity index (χ2v) is 6.97. The molecular weight excluding hydrogens is 294 g/mol. The largest absolute Gasteiger partial charge is 0.350 e. The number of hydrogen-bond donors (Lipinski definition) is 1. The lowest BCUT2D eigenvalue weighted by molar-refractivity contribution is 0.0941. The summed E-state index contributed by atoms with van der Waals surface area (Å²) in [6, 6.07) is 10.7. The van der Waals surface area contributed by atoms with E-state index in [0.29, 0.717) is 0 Å². The molecule has 0 aliphatic rings. The highest BCUT2D eigenvalue weighted by atomic mass is 16.1. The van der Waals surface area contributed by atoms with Gasteiger partial charge in [-0.15, -0.1) is 0 Å². The maximum atomic E-state index is 12.6. The Balaban J connectivity index is 2.36. The van der Waals surface area contributed by atoms with Gasteiger partial charge < -0.3 is 5.32 Å². The Hall–Kier alpha value is -2.09. The number of rotatable bonds is 5. The van der Waals surface area contributed by atoms with Crippen LogP contribution in [-0.2, 0) is 12.8 Å². The third kappa shape index (κ3) is 3.87. The van der Waals surface area contributed by atoms with Crippen LogP contribution >= 0.6 is 0 Å². The summed E-state index contributed by atoms with van der Waals surface area (Å²) in [6.45, 7) is 12.4. The Morgan fingerprint density at radius 2 is 1.42 bits per heavy atom. The van der Waals surface area contributed by atoms with Crippen LogP contribution in [0.15, 0.2) is 30.3 Å². The number of amides is 1. The Bertz CT molecular complexity index is 700. The lowest BCUT2D eigenvalue weighted by Crippen LogP contribution is -2.31. The van der Waals surface area contributed by atoms with Crippen LogP contribution in [0.4, 0.5) is 0 Å². The third-order valence-corrected chi connectivity index (χ3v) is 4.93. The van der Waals surface area contributed by atoms with Gasteiger partial charge in [0.2, 0.25) is 0 Å². The summed E-state index contributed by atoms with van der Waals surface area (Å²) < 4.78 is 0. The number of hydrogen-bond acceptors (Lipinski definition) is 1. The molecule has 2 nitrogen and oxygen atoms in total. The summed E-state index contributed by atoms with van der Waals surface area (Å²) in [5, 5.41) is 3.03. The van der Waals surface area contributed by atoms with Gasteiger partial charge in [0.15, 0.2) is 0 Å². The van der Waals surface area contributed by atoms with E-state index in [1.165, 1.54) is 22.3 Å². The highest BCUT2D eigenvalue weighted by molar-refractivity contribution is 5.98. The highest BCUT2D eigenvalue weighted by Crippen LogP contribution is 2.28. The van der Waals surface area contributed by atoms with Crippen molar-refractivity contribution in [1.29, 1.82) is 0 Å². The fourth-order valence-corrected chi connectivity index (χ4v) is 3.35. The quantitative estimate of drug-likeness (QED) is 0.838. The van der Waals surface area contributed by atoms with Crippen molar-refractivity contribution < 1.29 is 4.79 Å². The van der Waals surface area contributed by atoms with Gasteiger partial charge >= 0.3 is 0 Å². The molecule has 128 valence electrons. The second kappa shape index (κ2) is 7.65. The molecule has 0 heterocycles. The average Bonchev–Trinajstić information content (AvgIpc) is 2.53. The smallest absolute Gasteiger partial charge is 0.252 e. The van der Waals surface area contributed by atoms with Gasteiger partial charge in [-0.25, -0.2) is 0 Å². The van der Waals surface area contributed by atoms with Crippen LogP contribution in [0.25, 0.3) is 0 Å². The molecule has 0 bridgehead atoms. The van der Waals surface area contributed by atoms with Crippen molar-refractivity contribution >= 4 is 5.91 Å². The molecule has 0 saturated heterocycles. The SMILES string of the molecule is Cc1c(C)c(C(=O)NC(C)C)c(C)c(C)c1CCc1ccccc1. The molecule has 0 radical (unpaired) electrons. The molecule has 1 N–H and O–H groups in total. The Labute approximate surface area is 146 Å². The molecule has 0 spiro atoms. The van der Waals surface area contributed by atoms with Crippen LogP contribution in [0.5, 0.6) is 0 Å². The Morgan fingerprint density at radius 3 is 1.92 bits per heavy atom. The van der Waals surface area contributed by atoms with Gasteiger partial charge in [0.1, 0.15) is 0 Å². The van der Waals surface area contributed by atoms with Gasteiger partial charge in [-0.2, -0.15) is 0 Å². The molecule has 0 saturated carbocycles. The standard InChI is InChI=1S/C22H29NO/c1-14(2)23-22(24)21-17(5)15(3)20(16(4)18(21)6)13-12-19-10-8-7-9-11-19/h7-11,14H,12-13H2,1-6H3,(H,23,24). The second-order valence-electron chi connectivity index (χ2n) is 6.97. The maximum absolute atomic E-state index is 12.6. The summed E-state index contributed by atoms with van der Waals surface area (Å²) in [5.74, 6) is 0.0424. The van der Waals surface area contributed by atoms with Gasteiger partial charge in [0.25, 0.3) is 5.91 Å². The molecule has 0 aromatic heterocycles. The van der Waals surface area contributed by atoms with Gasteiger partial charge in [-0.3, -0.25) is 4.79 Å². The van der Waals surface area contributed by atoms with Crippen molar-refractivity contribution in [2.24, 2.45) is 0 Å². The predicted octanol–water partition coefficient (Wildman–Crippen LogP) is 4.84. The summed E-state index contributed by atoms with van der Waals surface area (Å²) in [5.41, 5.74) is 8.31.